The summed E-state index contributed by atoms with van der Waals surface area (Å²) in [7, 11) is 3.16. The van der Waals surface area contributed by atoms with Crippen LogP contribution in [0.1, 0.15) is 58.9 Å². The Hall–Kier alpha value is -3.87. The van der Waals surface area contributed by atoms with Crippen LogP contribution in [0.3, 0.4) is 0 Å². The third kappa shape index (κ3) is 5.67. The van der Waals surface area contributed by atoms with E-state index in [2.05, 4.69) is 36.3 Å². The van der Waals surface area contributed by atoms with E-state index in [1.54, 1.807) is 37.4 Å². The first-order valence-corrected chi connectivity index (χ1v) is 12.3. The second-order valence-corrected chi connectivity index (χ2v) is 9.28. The van der Waals surface area contributed by atoms with Gasteiger partial charge in [-0.2, -0.15) is 0 Å². The van der Waals surface area contributed by atoms with Gasteiger partial charge < -0.3 is 19.7 Å². The summed E-state index contributed by atoms with van der Waals surface area (Å²) in [5.74, 6) is 1.45. The highest BCUT2D eigenvalue weighted by Crippen LogP contribution is 2.29. The van der Waals surface area contributed by atoms with Crippen LogP contribution in [0.2, 0.25) is 0 Å². The Kier molecular flexibility index (Phi) is 7.88. The van der Waals surface area contributed by atoms with Crippen molar-refractivity contribution in [2.75, 3.05) is 25.7 Å². The Balaban J connectivity index is 1.46. The quantitative estimate of drug-likeness (QED) is 0.499. The first-order chi connectivity index (χ1) is 17.4. The molecule has 0 spiro atoms. The number of carbonyl (C=O) groups excluding carboxylic acids is 2. The molecule has 0 fully saturated rings. The highest BCUT2D eigenvalue weighted by molar-refractivity contribution is 5.99. The van der Waals surface area contributed by atoms with E-state index in [1.807, 2.05) is 24.3 Å². The number of benzene rings is 2. The maximum atomic E-state index is 13.2. The number of methoxy groups -OCH3 is 2. The average molecular weight is 488 g/mol. The molecule has 7 heteroatoms. The molecular formula is C29H33N3O4. The first kappa shape index (κ1) is 25.2. The van der Waals surface area contributed by atoms with E-state index in [0.29, 0.717) is 42.5 Å². The normalized spacial score (nSPS) is 12.8. The van der Waals surface area contributed by atoms with Crippen molar-refractivity contribution in [1.82, 2.24) is 10.3 Å². The lowest BCUT2D eigenvalue weighted by Crippen LogP contribution is -2.37. The van der Waals surface area contributed by atoms with E-state index >= 15 is 0 Å². The lowest BCUT2D eigenvalue weighted by Gasteiger charge is -2.29. The summed E-state index contributed by atoms with van der Waals surface area (Å²) >= 11 is 0. The van der Waals surface area contributed by atoms with Crippen molar-refractivity contribution in [2.45, 2.75) is 45.6 Å². The lowest BCUT2D eigenvalue weighted by atomic mass is 10.00. The molecule has 1 aliphatic heterocycles. The summed E-state index contributed by atoms with van der Waals surface area (Å²) in [5, 5.41) is 2.93. The Morgan fingerprint density at radius 2 is 1.72 bits per heavy atom. The zero-order valence-corrected chi connectivity index (χ0v) is 21.3. The minimum Gasteiger partial charge on any atom is -0.493 e. The fraction of sp³-hybridized carbons (Fsp3) is 0.345. The molecule has 0 saturated carbocycles. The molecular weight excluding hydrogens is 454 g/mol. The van der Waals surface area contributed by atoms with Crippen LogP contribution in [-0.4, -0.2) is 37.6 Å². The van der Waals surface area contributed by atoms with Gasteiger partial charge >= 0.3 is 0 Å². The van der Waals surface area contributed by atoms with E-state index in [9.17, 15) is 9.59 Å². The van der Waals surface area contributed by atoms with Crippen LogP contribution in [0, 0.1) is 0 Å². The molecule has 2 amide bonds. The standard InChI is InChI=1S/C29H33N3O4/c1-19(2)22-10-7-20(8-11-22)15-28(33)32-13-5-6-24-25(32)16-23(18-30-24)29(34)31-17-21-9-12-26(35-3)27(14-21)36-4/h7-12,14,16,18-19H,5-6,13,15,17H2,1-4H3,(H,31,34). The molecule has 188 valence electrons. The van der Waals surface area contributed by atoms with Gasteiger partial charge in [0.05, 0.1) is 37.6 Å². The number of aryl methyl sites for hydroxylation is 1. The Bertz CT molecular complexity index is 1240. The van der Waals surface area contributed by atoms with E-state index in [0.717, 1.165) is 35.3 Å². The average Bonchev–Trinajstić information content (AvgIpc) is 2.91. The summed E-state index contributed by atoms with van der Waals surface area (Å²) in [5.41, 5.74) is 5.11. The van der Waals surface area contributed by atoms with Gasteiger partial charge in [-0.05, 0) is 53.6 Å². The number of fused-ring (bicyclic) bond motifs is 1. The van der Waals surface area contributed by atoms with Gasteiger partial charge in [-0.25, -0.2) is 0 Å². The molecule has 1 aromatic heterocycles. The van der Waals surface area contributed by atoms with Crippen LogP contribution in [-0.2, 0) is 24.2 Å². The fourth-order valence-corrected chi connectivity index (χ4v) is 4.38. The minimum absolute atomic E-state index is 0.0120. The van der Waals surface area contributed by atoms with Crippen molar-refractivity contribution in [3.05, 3.63) is 82.7 Å². The molecule has 36 heavy (non-hydrogen) atoms. The number of pyridine rings is 1. The van der Waals surface area contributed by atoms with Gasteiger partial charge in [0, 0.05) is 19.3 Å². The van der Waals surface area contributed by atoms with Crippen molar-refractivity contribution in [1.29, 1.82) is 0 Å². The number of rotatable bonds is 8. The van der Waals surface area contributed by atoms with Gasteiger partial charge in [-0.3, -0.25) is 14.6 Å². The van der Waals surface area contributed by atoms with E-state index in [-0.39, 0.29) is 11.8 Å². The second-order valence-electron chi connectivity index (χ2n) is 9.28. The molecule has 0 radical (unpaired) electrons. The Morgan fingerprint density at radius 3 is 2.42 bits per heavy atom. The highest BCUT2D eigenvalue weighted by atomic mass is 16.5. The number of ether oxygens (including phenoxy) is 2. The summed E-state index contributed by atoms with van der Waals surface area (Å²) in [6.07, 6.45) is 3.54. The number of anilines is 1. The van der Waals surface area contributed by atoms with Crippen LogP contribution in [0.25, 0.3) is 0 Å². The lowest BCUT2D eigenvalue weighted by molar-refractivity contribution is -0.118. The van der Waals surface area contributed by atoms with Crippen LogP contribution >= 0.6 is 0 Å². The second kappa shape index (κ2) is 11.2. The van der Waals surface area contributed by atoms with Gasteiger partial charge in [0.25, 0.3) is 5.91 Å². The molecule has 2 aromatic carbocycles. The molecule has 0 bridgehead atoms. The summed E-state index contributed by atoms with van der Waals surface area (Å²) in [4.78, 5) is 32.5. The number of nitrogens with zero attached hydrogens (tertiary/aromatic N) is 2. The van der Waals surface area contributed by atoms with Crippen LogP contribution in [0.4, 0.5) is 5.69 Å². The monoisotopic (exact) mass is 487 g/mol. The number of amides is 2. The zero-order valence-electron chi connectivity index (χ0n) is 21.3. The summed E-state index contributed by atoms with van der Waals surface area (Å²) in [6, 6.07) is 15.5. The molecule has 0 unspecified atom stereocenters. The molecule has 7 nitrogen and oxygen atoms in total. The SMILES string of the molecule is COc1ccc(CNC(=O)c2cnc3c(c2)N(C(=O)Cc2ccc(C(C)C)cc2)CCC3)cc1OC. The number of nitrogens with one attached hydrogen (secondary N) is 1. The van der Waals surface area contributed by atoms with Gasteiger partial charge in [0.15, 0.2) is 11.5 Å². The smallest absolute Gasteiger partial charge is 0.253 e. The van der Waals surface area contributed by atoms with Gasteiger partial charge in [-0.15, -0.1) is 0 Å². The van der Waals surface area contributed by atoms with Gasteiger partial charge in [-0.1, -0.05) is 44.2 Å². The predicted molar refractivity (Wildman–Crippen MR) is 140 cm³/mol. The molecule has 2 heterocycles. The minimum atomic E-state index is -0.248. The molecule has 3 aromatic rings. The highest BCUT2D eigenvalue weighted by Gasteiger charge is 2.25. The topological polar surface area (TPSA) is 80.8 Å². The molecule has 0 saturated heterocycles. The largest absolute Gasteiger partial charge is 0.493 e. The van der Waals surface area contributed by atoms with Crippen molar-refractivity contribution < 1.29 is 19.1 Å². The van der Waals surface area contributed by atoms with Gasteiger partial charge in [0.1, 0.15) is 0 Å². The van der Waals surface area contributed by atoms with Crippen molar-refractivity contribution >= 4 is 17.5 Å². The fourth-order valence-electron chi connectivity index (χ4n) is 4.38. The van der Waals surface area contributed by atoms with Crippen LogP contribution in [0.15, 0.2) is 54.7 Å². The first-order valence-electron chi connectivity index (χ1n) is 12.3. The number of carbonyl (C=O) groups is 2. The summed E-state index contributed by atoms with van der Waals surface area (Å²) < 4.78 is 10.6. The van der Waals surface area contributed by atoms with Crippen LogP contribution < -0.4 is 19.7 Å². The van der Waals surface area contributed by atoms with Crippen molar-refractivity contribution in [2.24, 2.45) is 0 Å². The number of hydrogen-bond donors (Lipinski definition) is 1. The molecule has 1 aliphatic rings. The molecule has 1 N–H and O–H groups in total. The van der Waals surface area contributed by atoms with Crippen molar-refractivity contribution in [3.63, 3.8) is 0 Å². The molecule has 0 aliphatic carbocycles. The van der Waals surface area contributed by atoms with Crippen molar-refractivity contribution in [3.8, 4) is 11.5 Å². The third-order valence-corrected chi connectivity index (χ3v) is 6.50. The number of hydrogen-bond acceptors (Lipinski definition) is 5. The maximum absolute atomic E-state index is 13.2. The third-order valence-electron chi connectivity index (χ3n) is 6.50. The van der Waals surface area contributed by atoms with Crippen LogP contribution in [0.5, 0.6) is 11.5 Å². The zero-order chi connectivity index (χ0) is 25.7. The van der Waals surface area contributed by atoms with Gasteiger partial charge in [0.2, 0.25) is 5.91 Å². The van der Waals surface area contributed by atoms with E-state index in [4.69, 9.17) is 9.47 Å². The Morgan fingerprint density at radius 1 is 1.00 bits per heavy atom. The van der Waals surface area contributed by atoms with E-state index in [1.165, 1.54) is 5.56 Å². The van der Waals surface area contributed by atoms with E-state index < -0.39 is 0 Å². The predicted octanol–water partition coefficient (Wildman–Crippen LogP) is 4.67. The Labute approximate surface area is 212 Å². The molecule has 4 rings (SSSR count). The molecule has 0 atom stereocenters. The number of aromatic nitrogens is 1. The summed E-state index contributed by atoms with van der Waals surface area (Å²) in [6.45, 7) is 5.25. The maximum Gasteiger partial charge on any atom is 0.253 e.